The first kappa shape index (κ1) is 38.3. The van der Waals surface area contributed by atoms with Crippen molar-refractivity contribution < 1.29 is 33.3 Å². The average molecular weight is 640 g/mol. The van der Waals surface area contributed by atoms with Gasteiger partial charge in [-0.05, 0) is 106 Å². The molecule has 262 valence electrons. The summed E-state index contributed by atoms with van der Waals surface area (Å²) in [4.78, 5) is 35.0. The van der Waals surface area contributed by atoms with Crippen LogP contribution < -0.4 is 0 Å². The van der Waals surface area contributed by atoms with E-state index in [1.165, 1.54) is 0 Å². The number of hydrogen-bond acceptors (Lipinski definition) is 10. The number of piperidine rings is 1. The van der Waals surface area contributed by atoms with Crippen molar-refractivity contribution in [3.05, 3.63) is 0 Å². The Bertz CT molecular complexity index is 956. The first-order chi connectivity index (χ1) is 21.0. The first-order valence-corrected chi connectivity index (χ1v) is 17.2. The van der Waals surface area contributed by atoms with E-state index in [9.17, 15) is 9.59 Å². The van der Waals surface area contributed by atoms with E-state index in [1.54, 1.807) is 28.1 Å². The number of ether oxygens (including phenoxy) is 5. The van der Waals surface area contributed by atoms with Crippen molar-refractivity contribution in [1.82, 2.24) is 14.7 Å². The van der Waals surface area contributed by atoms with Gasteiger partial charge in [-0.3, -0.25) is 19.4 Å². The lowest BCUT2D eigenvalue weighted by atomic mass is 9.74. The Balaban J connectivity index is 1.90. The minimum Gasteiger partial charge on any atom is -0.463 e. The highest BCUT2D eigenvalue weighted by molar-refractivity contribution is 6.04. The molecule has 3 aliphatic heterocycles. The summed E-state index contributed by atoms with van der Waals surface area (Å²) < 4.78 is 30.8. The van der Waals surface area contributed by atoms with Crippen LogP contribution in [-0.4, -0.2) is 137 Å². The monoisotopic (exact) mass is 639 g/mol. The molecule has 3 aliphatic rings. The van der Waals surface area contributed by atoms with Gasteiger partial charge in [-0.2, -0.15) is 0 Å². The highest BCUT2D eigenvalue weighted by atomic mass is 16.7. The van der Waals surface area contributed by atoms with Crippen molar-refractivity contribution in [2.75, 3.05) is 68.2 Å². The zero-order chi connectivity index (χ0) is 33.7. The maximum Gasteiger partial charge on any atom is 0.319 e. The van der Waals surface area contributed by atoms with Crippen LogP contribution in [0.3, 0.4) is 0 Å². The van der Waals surface area contributed by atoms with Crippen LogP contribution in [0.15, 0.2) is 0 Å². The molecule has 0 bridgehead atoms. The summed E-state index contributed by atoms with van der Waals surface area (Å²) in [5.41, 5.74) is -2.14. The highest BCUT2D eigenvalue weighted by Crippen LogP contribution is 2.38. The number of hydrogen-bond donors (Lipinski definition) is 0. The van der Waals surface area contributed by atoms with Crippen molar-refractivity contribution in [2.24, 2.45) is 23.2 Å². The minimum atomic E-state index is -1.34. The minimum absolute atomic E-state index is 0.0247. The van der Waals surface area contributed by atoms with E-state index in [0.717, 1.165) is 45.5 Å². The van der Waals surface area contributed by atoms with Crippen molar-refractivity contribution in [1.29, 1.82) is 0 Å². The molecule has 0 aliphatic carbocycles. The Kier molecular flexibility index (Phi) is 13.9. The van der Waals surface area contributed by atoms with E-state index in [0.29, 0.717) is 30.8 Å². The molecule has 10 nitrogen and oxygen atoms in total. The molecule has 45 heavy (non-hydrogen) atoms. The van der Waals surface area contributed by atoms with E-state index in [-0.39, 0.29) is 30.5 Å². The molecule has 0 radical (unpaired) electrons. The van der Waals surface area contributed by atoms with Gasteiger partial charge in [0.2, 0.25) is 0 Å². The van der Waals surface area contributed by atoms with E-state index < -0.39 is 35.3 Å². The summed E-state index contributed by atoms with van der Waals surface area (Å²) in [5.74, 6) is -0.710. The molecule has 0 N–H and O–H groups in total. The zero-order valence-electron chi connectivity index (χ0n) is 30.5. The van der Waals surface area contributed by atoms with E-state index in [1.807, 2.05) is 13.8 Å². The lowest BCUT2D eigenvalue weighted by molar-refractivity contribution is -0.263. The van der Waals surface area contributed by atoms with Crippen molar-refractivity contribution in [3.8, 4) is 0 Å². The third-order valence-electron chi connectivity index (χ3n) is 11.0. The number of nitrogens with zero attached hydrogens (tertiary/aromatic N) is 3. The van der Waals surface area contributed by atoms with E-state index in [2.05, 4.69) is 56.6 Å². The molecule has 0 amide bonds. The second-order valence-electron chi connectivity index (χ2n) is 15.4. The second-order valence-corrected chi connectivity index (χ2v) is 15.4. The van der Waals surface area contributed by atoms with Gasteiger partial charge in [0, 0.05) is 51.2 Å². The molecule has 0 saturated carbocycles. The number of Topliss-reactive ketones (excluding diaryl/α,β-unsaturated/α-hetero) is 1. The molecule has 0 aromatic heterocycles. The fourth-order valence-corrected chi connectivity index (χ4v) is 8.10. The molecule has 3 rings (SSSR count). The second kappa shape index (κ2) is 16.3. The third-order valence-corrected chi connectivity index (χ3v) is 11.0. The number of rotatable bonds is 8. The van der Waals surface area contributed by atoms with Gasteiger partial charge in [-0.15, -0.1) is 0 Å². The van der Waals surface area contributed by atoms with E-state index in [4.69, 9.17) is 23.7 Å². The molecular weight excluding hydrogens is 574 g/mol. The summed E-state index contributed by atoms with van der Waals surface area (Å²) in [5, 5.41) is 0. The smallest absolute Gasteiger partial charge is 0.319 e. The van der Waals surface area contributed by atoms with Crippen LogP contribution in [0, 0.1) is 23.2 Å². The summed E-state index contributed by atoms with van der Waals surface area (Å²) in [6.45, 7) is 17.6. The highest BCUT2D eigenvalue weighted by Gasteiger charge is 2.50. The SMILES string of the molecule is COCC(C)N1CCC([C@H]2COC(=O)C(C)(C)C(=O)[C@H](C)[C@@H](O[C@H]3C[C@@H](N(C)C)C[C@@H](C)O3)[C@](C)(OC)C[C@@H](C)CN2C)CC1. The number of likely N-dealkylation sites (N-methyl/N-ethyl adjacent to an activating group) is 1. The van der Waals surface area contributed by atoms with Crippen molar-refractivity contribution in [2.45, 2.75) is 123 Å². The number of ketones is 1. The van der Waals surface area contributed by atoms with Crippen LogP contribution in [0.5, 0.6) is 0 Å². The lowest BCUT2D eigenvalue weighted by Gasteiger charge is -2.45. The quantitative estimate of drug-likeness (QED) is 0.286. The summed E-state index contributed by atoms with van der Waals surface area (Å²) in [7, 11) is 9.76. The van der Waals surface area contributed by atoms with Gasteiger partial charge in [-0.25, -0.2) is 0 Å². The molecular formula is C35H65N3O7. The third kappa shape index (κ3) is 9.48. The Hall–Kier alpha value is -1.14. The fraction of sp³-hybridized carbons (Fsp3) is 0.943. The Morgan fingerprint density at radius 3 is 2.27 bits per heavy atom. The standard InChI is InChI=1S/C35H65N3O7/c1-23-19-35(7,42-12)32(45-30-18-28(36(8)9)17-25(3)44-30)26(4)31(39)34(5,6)33(40)43-22-29(37(10)20-23)27-13-15-38(16-14-27)24(2)21-41-11/h23-30,32H,13-22H2,1-12H3/t23-,24?,25-,26+,28+,29-,30+,32-,35-/m1/s1. The predicted molar refractivity (Wildman–Crippen MR) is 176 cm³/mol. The topological polar surface area (TPSA) is 90.0 Å². The normalized spacial score (nSPS) is 37.8. The summed E-state index contributed by atoms with van der Waals surface area (Å²) in [6.07, 6.45) is 3.26. The molecule has 9 atom stereocenters. The van der Waals surface area contributed by atoms with Crippen LogP contribution in [0.4, 0.5) is 0 Å². The fourth-order valence-electron chi connectivity index (χ4n) is 8.10. The number of cyclic esters (lactones) is 1. The van der Waals surface area contributed by atoms with Crippen LogP contribution in [-0.2, 0) is 33.3 Å². The van der Waals surface area contributed by atoms with E-state index >= 15 is 0 Å². The molecule has 10 heteroatoms. The molecule has 0 spiro atoms. The summed E-state index contributed by atoms with van der Waals surface area (Å²) in [6, 6.07) is 0.735. The van der Waals surface area contributed by atoms with Crippen LogP contribution in [0.1, 0.15) is 80.6 Å². The maximum absolute atomic E-state index is 14.2. The zero-order valence-corrected chi connectivity index (χ0v) is 30.5. The molecule has 0 aromatic rings. The van der Waals surface area contributed by atoms with Gasteiger partial charge in [0.15, 0.2) is 12.1 Å². The summed E-state index contributed by atoms with van der Waals surface area (Å²) >= 11 is 0. The largest absolute Gasteiger partial charge is 0.463 e. The van der Waals surface area contributed by atoms with Gasteiger partial charge in [0.05, 0.1) is 24.4 Å². The first-order valence-electron chi connectivity index (χ1n) is 17.2. The number of carbonyl (C=O) groups excluding carboxylic acids is 2. The predicted octanol–water partition coefficient (Wildman–Crippen LogP) is 4.09. The number of esters is 1. The van der Waals surface area contributed by atoms with Crippen molar-refractivity contribution >= 4 is 11.8 Å². The van der Waals surface area contributed by atoms with Crippen LogP contribution >= 0.6 is 0 Å². The van der Waals surface area contributed by atoms with Gasteiger partial charge in [-0.1, -0.05) is 13.8 Å². The van der Waals surface area contributed by atoms with Gasteiger partial charge in [0.25, 0.3) is 0 Å². The average Bonchev–Trinajstić information content (AvgIpc) is 2.98. The Morgan fingerprint density at radius 2 is 1.69 bits per heavy atom. The molecule has 0 aromatic carbocycles. The van der Waals surface area contributed by atoms with Gasteiger partial charge >= 0.3 is 5.97 Å². The lowest BCUT2D eigenvalue weighted by Crippen LogP contribution is -2.55. The van der Waals surface area contributed by atoms with Gasteiger partial charge in [0.1, 0.15) is 12.0 Å². The van der Waals surface area contributed by atoms with Gasteiger partial charge < -0.3 is 28.6 Å². The number of methoxy groups -OCH3 is 2. The Labute approximate surface area is 273 Å². The number of carbonyl (C=O) groups is 2. The van der Waals surface area contributed by atoms with Crippen molar-refractivity contribution in [3.63, 3.8) is 0 Å². The molecule has 1 unspecified atom stereocenters. The molecule has 3 heterocycles. The molecule has 3 saturated heterocycles. The van der Waals surface area contributed by atoms with Crippen LogP contribution in [0.25, 0.3) is 0 Å². The number of likely N-dealkylation sites (tertiary alicyclic amines) is 1. The Morgan fingerprint density at radius 1 is 1.04 bits per heavy atom. The van der Waals surface area contributed by atoms with Crippen LogP contribution in [0.2, 0.25) is 0 Å². The molecule has 3 fully saturated rings. The maximum atomic E-state index is 14.2.